The summed E-state index contributed by atoms with van der Waals surface area (Å²) in [6.07, 6.45) is 5.13. The Morgan fingerprint density at radius 1 is 1.06 bits per heavy atom. The van der Waals surface area contributed by atoms with Crippen LogP contribution in [0.4, 0.5) is 0 Å². The molecule has 0 bridgehead atoms. The third-order valence-electron chi connectivity index (χ3n) is 2.32. The van der Waals surface area contributed by atoms with Crippen molar-refractivity contribution in [3.63, 3.8) is 0 Å². The molecule has 1 N–H and O–H groups in total. The predicted molar refractivity (Wildman–Crippen MR) is 81.0 cm³/mol. The van der Waals surface area contributed by atoms with E-state index < -0.39 is 0 Å². The summed E-state index contributed by atoms with van der Waals surface area (Å²) < 4.78 is 0. The van der Waals surface area contributed by atoms with E-state index in [-0.39, 0.29) is 6.61 Å². The summed E-state index contributed by atoms with van der Waals surface area (Å²) >= 11 is 0. The quantitative estimate of drug-likeness (QED) is 0.838. The molecule has 0 aromatic heterocycles. The molecule has 0 fully saturated rings. The SMILES string of the molecule is CC.CC.OCc1ccc(C2=CCCN=C2)cc1. The molecule has 0 radical (unpaired) electrons. The first kappa shape index (κ1) is 16.6. The number of hydrogen-bond acceptors (Lipinski definition) is 2. The van der Waals surface area contributed by atoms with Gasteiger partial charge in [-0.15, -0.1) is 0 Å². The molecule has 18 heavy (non-hydrogen) atoms. The Labute approximate surface area is 111 Å². The first-order valence-corrected chi connectivity index (χ1v) is 6.80. The second-order valence-corrected chi connectivity index (χ2v) is 3.34. The minimum atomic E-state index is 0.105. The first-order valence-electron chi connectivity index (χ1n) is 6.80. The maximum atomic E-state index is 8.90. The van der Waals surface area contributed by atoms with Crippen LogP contribution in [0.1, 0.15) is 45.2 Å². The van der Waals surface area contributed by atoms with E-state index in [4.69, 9.17) is 5.11 Å². The lowest BCUT2D eigenvalue weighted by atomic mass is 10.0. The highest BCUT2D eigenvalue weighted by Gasteiger charge is 2.01. The van der Waals surface area contributed by atoms with Gasteiger partial charge in [0.05, 0.1) is 6.61 Å². The van der Waals surface area contributed by atoms with Gasteiger partial charge >= 0.3 is 0 Å². The Kier molecular flexibility index (Phi) is 9.89. The zero-order valence-corrected chi connectivity index (χ0v) is 12.0. The predicted octanol–water partition coefficient (Wildman–Crippen LogP) is 4.09. The van der Waals surface area contributed by atoms with Crippen LogP contribution in [0.15, 0.2) is 35.3 Å². The van der Waals surface area contributed by atoms with Crippen LogP contribution < -0.4 is 0 Å². The molecule has 0 spiro atoms. The van der Waals surface area contributed by atoms with Crippen molar-refractivity contribution >= 4 is 11.8 Å². The minimum Gasteiger partial charge on any atom is -0.392 e. The normalized spacial score (nSPS) is 12.6. The van der Waals surface area contributed by atoms with Crippen LogP contribution >= 0.6 is 0 Å². The van der Waals surface area contributed by atoms with Gasteiger partial charge in [0.15, 0.2) is 0 Å². The zero-order chi connectivity index (χ0) is 13.8. The smallest absolute Gasteiger partial charge is 0.0681 e. The van der Waals surface area contributed by atoms with E-state index in [1.54, 1.807) is 0 Å². The molecule has 0 amide bonds. The molecule has 2 heteroatoms. The number of hydrogen-bond donors (Lipinski definition) is 1. The maximum Gasteiger partial charge on any atom is 0.0681 e. The second kappa shape index (κ2) is 10.7. The molecule has 1 aromatic rings. The maximum absolute atomic E-state index is 8.90. The van der Waals surface area contributed by atoms with Crippen LogP contribution in [-0.2, 0) is 6.61 Å². The van der Waals surface area contributed by atoms with Gasteiger partial charge in [0.2, 0.25) is 0 Å². The summed E-state index contributed by atoms with van der Waals surface area (Å²) in [6.45, 7) is 9.01. The molecule has 2 nitrogen and oxygen atoms in total. The van der Waals surface area contributed by atoms with Crippen molar-refractivity contribution in [3.8, 4) is 0 Å². The van der Waals surface area contributed by atoms with Crippen molar-refractivity contribution < 1.29 is 5.11 Å². The van der Waals surface area contributed by atoms with E-state index in [0.717, 1.165) is 18.5 Å². The second-order valence-electron chi connectivity index (χ2n) is 3.34. The average Bonchev–Trinajstić information content (AvgIpc) is 2.52. The monoisotopic (exact) mass is 247 g/mol. The van der Waals surface area contributed by atoms with E-state index >= 15 is 0 Å². The third-order valence-corrected chi connectivity index (χ3v) is 2.32. The largest absolute Gasteiger partial charge is 0.392 e. The van der Waals surface area contributed by atoms with Crippen molar-refractivity contribution in [3.05, 3.63) is 41.5 Å². The Hall–Kier alpha value is -1.41. The van der Waals surface area contributed by atoms with Crippen molar-refractivity contribution in [2.24, 2.45) is 4.99 Å². The molecule has 1 aliphatic rings. The van der Waals surface area contributed by atoms with Gasteiger partial charge in [0.1, 0.15) is 0 Å². The number of aliphatic imine (C=N–C) groups is 1. The van der Waals surface area contributed by atoms with Crippen molar-refractivity contribution in [1.82, 2.24) is 0 Å². The van der Waals surface area contributed by atoms with Gasteiger partial charge in [0.25, 0.3) is 0 Å². The van der Waals surface area contributed by atoms with Gasteiger partial charge in [0, 0.05) is 12.8 Å². The Balaban J connectivity index is 0.000000659. The summed E-state index contributed by atoms with van der Waals surface area (Å²) in [7, 11) is 0. The van der Waals surface area contributed by atoms with Crippen LogP contribution in [-0.4, -0.2) is 17.9 Å². The van der Waals surface area contributed by atoms with Crippen LogP contribution in [0.25, 0.3) is 5.57 Å². The average molecular weight is 247 g/mol. The van der Waals surface area contributed by atoms with Crippen molar-refractivity contribution in [2.75, 3.05) is 6.54 Å². The highest BCUT2D eigenvalue weighted by atomic mass is 16.3. The van der Waals surface area contributed by atoms with Crippen LogP contribution in [0.3, 0.4) is 0 Å². The topological polar surface area (TPSA) is 32.6 Å². The molecule has 0 aliphatic carbocycles. The zero-order valence-electron chi connectivity index (χ0n) is 12.0. The van der Waals surface area contributed by atoms with Gasteiger partial charge in [-0.25, -0.2) is 0 Å². The highest BCUT2D eigenvalue weighted by molar-refractivity contribution is 6.10. The summed E-state index contributed by atoms with van der Waals surface area (Å²) in [5.74, 6) is 0. The number of aliphatic hydroxyl groups excluding tert-OH is 1. The number of benzene rings is 1. The van der Waals surface area contributed by atoms with Gasteiger partial charge < -0.3 is 5.11 Å². The summed E-state index contributed by atoms with van der Waals surface area (Å²) in [5, 5.41) is 8.90. The van der Waals surface area contributed by atoms with E-state index in [1.807, 2.05) is 58.2 Å². The van der Waals surface area contributed by atoms with Crippen LogP contribution in [0, 0.1) is 0 Å². The summed E-state index contributed by atoms with van der Waals surface area (Å²) in [6, 6.07) is 7.93. The highest BCUT2D eigenvalue weighted by Crippen LogP contribution is 2.16. The van der Waals surface area contributed by atoms with Crippen LogP contribution in [0.5, 0.6) is 0 Å². The van der Waals surface area contributed by atoms with E-state index in [1.165, 1.54) is 11.1 Å². The van der Waals surface area contributed by atoms with Crippen molar-refractivity contribution in [2.45, 2.75) is 40.7 Å². The lowest BCUT2D eigenvalue weighted by Crippen LogP contribution is -1.94. The molecule has 0 unspecified atom stereocenters. The Bertz CT molecular complexity index is 363. The van der Waals surface area contributed by atoms with E-state index in [0.29, 0.717) is 0 Å². The fraction of sp³-hybridized carbons (Fsp3) is 0.438. The summed E-state index contributed by atoms with van der Waals surface area (Å²) in [4.78, 5) is 4.23. The van der Waals surface area contributed by atoms with E-state index in [9.17, 15) is 0 Å². The van der Waals surface area contributed by atoms with E-state index in [2.05, 4.69) is 11.1 Å². The number of nitrogens with zero attached hydrogens (tertiary/aromatic N) is 1. The van der Waals surface area contributed by atoms with Crippen LogP contribution in [0.2, 0.25) is 0 Å². The molecule has 1 aromatic carbocycles. The lowest BCUT2D eigenvalue weighted by molar-refractivity contribution is 0.282. The van der Waals surface area contributed by atoms with Crippen molar-refractivity contribution in [1.29, 1.82) is 0 Å². The molecular formula is C16H25NO. The molecular weight excluding hydrogens is 222 g/mol. The fourth-order valence-corrected chi connectivity index (χ4v) is 1.51. The standard InChI is InChI=1S/C12H13NO.2C2H6/c14-9-10-3-5-11(6-4-10)12-2-1-7-13-8-12;2*1-2/h2-6,8,14H,1,7,9H2;2*1-2H3. The lowest BCUT2D eigenvalue weighted by Gasteiger charge is -2.06. The summed E-state index contributed by atoms with van der Waals surface area (Å²) in [5.41, 5.74) is 3.30. The minimum absolute atomic E-state index is 0.105. The number of allylic oxidation sites excluding steroid dienone is 1. The Morgan fingerprint density at radius 2 is 1.67 bits per heavy atom. The molecule has 100 valence electrons. The molecule has 0 saturated heterocycles. The molecule has 0 atom stereocenters. The molecule has 1 aliphatic heterocycles. The first-order chi connectivity index (χ1) is 8.90. The van der Waals surface area contributed by atoms with Gasteiger partial charge in [-0.2, -0.15) is 0 Å². The van der Waals surface area contributed by atoms with Gasteiger partial charge in [-0.05, 0) is 23.1 Å². The Morgan fingerprint density at radius 3 is 2.11 bits per heavy atom. The van der Waals surface area contributed by atoms with Gasteiger partial charge in [-0.3, -0.25) is 4.99 Å². The fourth-order valence-electron chi connectivity index (χ4n) is 1.51. The third kappa shape index (κ3) is 5.28. The number of rotatable bonds is 2. The molecule has 0 saturated carbocycles. The van der Waals surface area contributed by atoms with Gasteiger partial charge in [-0.1, -0.05) is 58.0 Å². The molecule has 2 rings (SSSR count). The molecule has 1 heterocycles. The number of dihydropyridines is 1. The number of aliphatic hydroxyl groups is 1.